The fourth-order valence-electron chi connectivity index (χ4n) is 3.12. The van der Waals surface area contributed by atoms with Crippen molar-refractivity contribution in [2.45, 2.75) is 51.0 Å². The summed E-state index contributed by atoms with van der Waals surface area (Å²) in [6.07, 6.45) is 8.80. The van der Waals surface area contributed by atoms with Crippen LogP contribution in [-0.4, -0.2) is 35.6 Å². The number of benzene rings is 1. The van der Waals surface area contributed by atoms with E-state index in [-0.39, 0.29) is 0 Å². The zero-order valence-electron chi connectivity index (χ0n) is 12.3. The van der Waals surface area contributed by atoms with Crippen molar-refractivity contribution in [1.82, 2.24) is 4.90 Å². The second-order valence-corrected chi connectivity index (χ2v) is 5.84. The lowest BCUT2D eigenvalue weighted by Crippen LogP contribution is -2.33. The molecule has 2 rings (SSSR count). The van der Waals surface area contributed by atoms with Crippen LogP contribution >= 0.6 is 0 Å². The summed E-state index contributed by atoms with van der Waals surface area (Å²) in [7, 11) is 2.18. The van der Waals surface area contributed by atoms with Crippen LogP contribution in [0.5, 0.6) is 0 Å². The van der Waals surface area contributed by atoms with Crippen molar-refractivity contribution < 1.29 is 9.90 Å². The van der Waals surface area contributed by atoms with Gasteiger partial charge in [-0.25, -0.2) is 4.79 Å². The van der Waals surface area contributed by atoms with Crippen LogP contribution in [0.25, 0.3) is 0 Å². The topological polar surface area (TPSA) is 40.5 Å². The molecule has 0 unspecified atom stereocenters. The first kappa shape index (κ1) is 15.0. The molecule has 20 heavy (non-hydrogen) atoms. The number of likely N-dealkylation sites (N-methyl/N-ethyl adjacent to an activating group) is 1. The summed E-state index contributed by atoms with van der Waals surface area (Å²) in [5, 5.41) is 9.20. The van der Waals surface area contributed by atoms with Crippen LogP contribution in [0.1, 0.15) is 54.4 Å². The number of carboxylic acids is 1. The molecule has 1 fully saturated rings. The maximum absolute atomic E-state index is 11.2. The van der Waals surface area contributed by atoms with Gasteiger partial charge < -0.3 is 10.0 Å². The molecule has 1 saturated carbocycles. The third kappa shape index (κ3) is 4.07. The van der Waals surface area contributed by atoms with Crippen LogP contribution in [-0.2, 0) is 6.42 Å². The van der Waals surface area contributed by atoms with Gasteiger partial charge in [-0.2, -0.15) is 0 Å². The van der Waals surface area contributed by atoms with Gasteiger partial charge in [0.15, 0.2) is 0 Å². The average molecular weight is 275 g/mol. The van der Waals surface area contributed by atoms with Crippen molar-refractivity contribution in [3.8, 4) is 0 Å². The van der Waals surface area contributed by atoms with Crippen LogP contribution in [0, 0.1) is 0 Å². The number of carbonyl (C=O) groups is 1. The van der Waals surface area contributed by atoms with E-state index >= 15 is 0 Å². The van der Waals surface area contributed by atoms with E-state index in [4.69, 9.17) is 0 Å². The molecule has 1 N–H and O–H groups in total. The predicted octanol–water partition coefficient (Wildman–Crippen LogP) is 3.58. The van der Waals surface area contributed by atoms with Crippen LogP contribution < -0.4 is 0 Å². The van der Waals surface area contributed by atoms with Crippen molar-refractivity contribution in [1.29, 1.82) is 0 Å². The summed E-state index contributed by atoms with van der Waals surface area (Å²) < 4.78 is 0. The Morgan fingerprint density at radius 1 is 1.20 bits per heavy atom. The van der Waals surface area contributed by atoms with E-state index in [1.165, 1.54) is 38.5 Å². The summed E-state index contributed by atoms with van der Waals surface area (Å²) in [6.45, 7) is 0.939. The Hall–Kier alpha value is -1.35. The minimum Gasteiger partial charge on any atom is -0.478 e. The molecule has 0 saturated heterocycles. The third-order valence-corrected chi connectivity index (χ3v) is 4.43. The van der Waals surface area contributed by atoms with Gasteiger partial charge in [-0.15, -0.1) is 0 Å². The molecule has 0 aliphatic heterocycles. The molecule has 0 spiro atoms. The lowest BCUT2D eigenvalue weighted by atomic mass is 10.0. The summed E-state index contributed by atoms with van der Waals surface area (Å²) >= 11 is 0. The van der Waals surface area contributed by atoms with E-state index in [9.17, 15) is 9.90 Å². The van der Waals surface area contributed by atoms with Crippen LogP contribution in [0.4, 0.5) is 0 Å². The Morgan fingerprint density at radius 2 is 1.85 bits per heavy atom. The normalized spacial score (nSPS) is 17.1. The van der Waals surface area contributed by atoms with E-state index < -0.39 is 5.97 Å². The zero-order valence-corrected chi connectivity index (χ0v) is 12.3. The smallest absolute Gasteiger partial charge is 0.335 e. The molecule has 110 valence electrons. The Morgan fingerprint density at radius 3 is 2.50 bits per heavy atom. The largest absolute Gasteiger partial charge is 0.478 e. The van der Waals surface area contributed by atoms with Crippen molar-refractivity contribution in [3.05, 3.63) is 35.4 Å². The van der Waals surface area contributed by atoms with Gasteiger partial charge in [-0.3, -0.25) is 0 Å². The minimum atomic E-state index is -0.822. The van der Waals surface area contributed by atoms with E-state index in [2.05, 4.69) is 11.9 Å². The standard InChI is InChI=1S/C17H25NO2/c1-18(15-9-4-2-3-5-10-15)13-12-14-8-6-7-11-16(14)17(19)20/h6-8,11,15H,2-5,9-10,12-13H2,1H3,(H,19,20). The highest BCUT2D eigenvalue weighted by Crippen LogP contribution is 2.21. The second kappa shape index (κ2) is 7.44. The SMILES string of the molecule is CN(CCc1ccccc1C(=O)O)C1CCCCCC1. The highest BCUT2D eigenvalue weighted by atomic mass is 16.4. The fourth-order valence-corrected chi connectivity index (χ4v) is 3.12. The van der Waals surface area contributed by atoms with Crippen LogP contribution in [0.3, 0.4) is 0 Å². The number of carboxylic acid groups (broad SMARTS) is 1. The van der Waals surface area contributed by atoms with Gasteiger partial charge in [-0.1, -0.05) is 43.9 Å². The van der Waals surface area contributed by atoms with E-state index in [0.717, 1.165) is 18.5 Å². The lowest BCUT2D eigenvalue weighted by Gasteiger charge is -2.27. The molecular weight excluding hydrogens is 250 g/mol. The van der Waals surface area contributed by atoms with Gasteiger partial charge in [0.25, 0.3) is 0 Å². The molecule has 3 heteroatoms. The monoisotopic (exact) mass is 275 g/mol. The first-order valence-corrected chi connectivity index (χ1v) is 7.70. The molecular formula is C17H25NO2. The molecule has 1 aromatic carbocycles. The molecule has 3 nitrogen and oxygen atoms in total. The highest BCUT2D eigenvalue weighted by Gasteiger charge is 2.17. The molecule has 1 aliphatic carbocycles. The van der Waals surface area contributed by atoms with Crippen LogP contribution in [0.15, 0.2) is 24.3 Å². The Bertz CT molecular complexity index is 436. The van der Waals surface area contributed by atoms with Gasteiger partial charge in [0.1, 0.15) is 0 Å². The lowest BCUT2D eigenvalue weighted by molar-refractivity contribution is 0.0695. The predicted molar refractivity (Wildman–Crippen MR) is 81.2 cm³/mol. The molecule has 0 radical (unpaired) electrons. The van der Waals surface area contributed by atoms with Gasteiger partial charge in [0.05, 0.1) is 5.56 Å². The molecule has 0 amide bonds. The van der Waals surface area contributed by atoms with E-state index in [0.29, 0.717) is 11.6 Å². The van der Waals surface area contributed by atoms with Gasteiger partial charge in [0.2, 0.25) is 0 Å². The van der Waals surface area contributed by atoms with Crippen molar-refractivity contribution in [2.75, 3.05) is 13.6 Å². The molecule has 0 aromatic heterocycles. The summed E-state index contributed by atoms with van der Waals surface area (Å²) in [5.41, 5.74) is 1.39. The Labute approximate surface area is 121 Å². The quantitative estimate of drug-likeness (QED) is 0.835. The highest BCUT2D eigenvalue weighted by molar-refractivity contribution is 5.89. The number of rotatable bonds is 5. The van der Waals surface area contributed by atoms with Crippen LogP contribution in [0.2, 0.25) is 0 Å². The molecule has 1 aromatic rings. The zero-order chi connectivity index (χ0) is 14.4. The number of hydrogen-bond acceptors (Lipinski definition) is 2. The van der Waals surface area contributed by atoms with E-state index in [1.54, 1.807) is 12.1 Å². The molecule has 0 atom stereocenters. The third-order valence-electron chi connectivity index (χ3n) is 4.43. The number of aromatic carboxylic acids is 1. The number of nitrogens with zero attached hydrogens (tertiary/aromatic N) is 1. The van der Waals surface area contributed by atoms with Gasteiger partial charge >= 0.3 is 5.97 Å². The first-order valence-electron chi connectivity index (χ1n) is 7.70. The summed E-state index contributed by atoms with van der Waals surface area (Å²) in [6, 6.07) is 8.03. The maximum atomic E-state index is 11.2. The summed E-state index contributed by atoms with van der Waals surface area (Å²) in [5.74, 6) is -0.822. The Balaban J connectivity index is 1.92. The van der Waals surface area contributed by atoms with Crippen molar-refractivity contribution in [2.24, 2.45) is 0 Å². The molecule has 0 heterocycles. The van der Waals surface area contributed by atoms with Gasteiger partial charge in [0, 0.05) is 12.6 Å². The summed E-state index contributed by atoms with van der Waals surface area (Å²) in [4.78, 5) is 13.6. The Kier molecular flexibility index (Phi) is 5.60. The second-order valence-electron chi connectivity index (χ2n) is 5.84. The van der Waals surface area contributed by atoms with Gasteiger partial charge in [-0.05, 0) is 37.9 Å². The fraction of sp³-hybridized carbons (Fsp3) is 0.588. The molecule has 0 bridgehead atoms. The van der Waals surface area contributed by atoms with E-state index in [1.807, 2.05) is 12.1 Å². The first-order chi connectivity index (χ1) is 9.68. The van der Waals surface area contributed by atoms with Crippen molar-refractivity contribution >= 4 is 5.97 Å². The number of hydrogen-bond donors (Lipinski definition) is 1. The maximum Gasteiger partial charge on any atom is 0.335 e. The average Bonchev–Trinajstić information content (AvgIpc) is 2.74. The molecule has 1 aliphatic rings. The van der Waals surface area contributed by atoms with Crippen molar-refractivity contribution in [3.63, 3.8) is 0 Å². The minimum absolute atomic E-state index is 0.446.